The molecule has 7 heteroatoms. The lowest BCUT2D eigenvalue weighted by atomic mass is 10.2. The topological polar surface area (TPSA) is 91.4 Å². The summed E-state index contributed by atoms with van der Waals surface area (Å²) in [6, 6.07) is 7.51. The number of ether oxygens (including phenoxy) is 2. The number of nitrogens with one attached hydrogen (secondary N) is 1. The number of primary amides is 1. The second-order valence-corrected chi connectivity index (χ2v) is 5.20. The molecule has 1 amide bonds. The molecule has 23 heavy (non-hydrogen) atoms. The van der Waals surface area contributed by atoms with E-state index in [1.807, 2.05) is 38.2 Å². The largest absolute Gasteiger partial charge is 0.484 e. The Bertz CT molecular complexity index is 665. The molecular formula is C16H22N4O3. The molecule has 0 saturated heterocycles. The number of amides is 1. The maximum absolute atomic E-state index is 10.7. The van der Waals surface area contributed by atoms with Gasteiger partial charge >= 0.3 is 0 Å². The van der Waals surface area contributed by atoms with E-state index in [4.69, 9.17) is 15.2 Å². The van der Waals surface area contributed by atoms with Crippen molar-refractivity contribution in [3.8, 4) is 11.6 Å². The van der Waals surface area contributed by atoms with Crippen molar-refractivity contribution in [2.75, 3.05) is 13.7 Å². The van der Waals surface area contributed by atoms with Gasteiger partial charge in [0.25, 0.3) is 5.91 Å². The van der Waals surface area contributed by atoms with Crippen LogP contribution in [0, 0.1) is 6.92 Å². The number of carbonyl (C=O) groups is 1. The number of nitrogens with zero attached hydrogens (tertiary/aromatic N) is 2. The SMILES string of the molecule is COc1c(CNCc2ccc(OCC(N)=O)cc2)c(C)nn1C. The Morgan fingerprint density at radius 2 is 2.00 bits per heavy atom. The molecular weight excluding hydrogens is 296 g/mol. The molecule has 2 aromatic rings. The summed E-state index contributed by atoms with van der Waals surface area (Å²) in [7, 11) is 3.50. The number of carbonyl (C=O) groups excluding carboxylic acids is 1. The number of benzene rings is 1. The fourth-order valence-corrected chi connectivity index (χ4v) is 2.33. The lowest BCUT2D eigenvalue weighted by molar-refractivity contribution is -0.119. The average Bonchev–Trinajstić information content (AvgIpc) is 2.80. The van der Waals surface area contributed by atoms with Crippen LogP contribution >= 0.6 is 0 Å². The van der Waals surface area contributed by atoms with E-state index < -0.39 is 5.91 Å². The zero-order valence-electron chi connectivity index (χ0n) is 13.6. The molecule has 0 radical (unpaired) electrons. The first kappa shape index (κ1) is 16.8. The average molecular weight is 318 g/mol. The Balaban J connectivity index is 1.88. The Labute approximate surface area is 135 Å². The van der Waals surface area contributed by atoms with Gasteiger partial charge in [-0.05, 0) is 24.6 Å². The lowest BCUT2D eigenvalue weighted by Gasteiger charge is -2.08. The van der Waals surface area contributed by atoms with Crippen molar-refractivity contribution in [3.05, 3.63) is 41.1 Å². The van der Waals surface area contributed by atoms with Crippen LogP contribution in [0.4, 0.5) is 0 Å². The third-order valence-electron chi connectivity index (χ3n) is 3.42. The highest BCUT2D eigenvalue weighted by Gasteiger charge is 2.12. The molecule has 0 aliphatic rings. The van der Waals surface area contributed by atoms with E-state index in [0.29, 0.717) is 18.8 Å². The molecule has 7 nitrogen and oxygen atoms in total. The fraction of sp³-hybridized carbons (Fsp3) is 0.375. The number of hydrogen-bond acceptors (Lipinski definition) is 5. The van der Waals surface area contributed by atoms with Crippen LogP contribution in [-0.2, 0) is 24.9 Å². The van der Waals surface area contributed by atoms with E-state index in [9.17, 15) is 4.79 Å². The van der Waals surface area contributed by atoms with Gasteiger partial charge in [-0.3, -0.25) is 4.79 Å². The number of methoxy groups -OCH3 is 1. The first-order valence-electron chi connectivity index (χ1n) is 7.28. The summed E-state index contributed by atoms with van der Waals surface area (Å²) < 4.78 is 12.3. The van der Waals surface area contributed by atoms with Gasteiger partial charge in [0, 0.05) is 20.1 Å². The monoisotopic (exact) mass is 318 g/mol. The third kappa shape index (κ3) is 4.46. The summed E-state index contributed by atoms with van der Waals surface area (Å²) in [4.78, 5) is 10.7. The molecule has 1 aromatic heterocycles. The van der Waals surface area contributed by atoms with Crippen molar-refractivity contribution >= 4 is 5.91 Å². The van der Waals surface area contributed by atoms with Crippen LogP contribution in [0.5, 0.6) is 11.6 Å². The van der Waals surface area contributed by atoms with Gasteiger partial charge in [-0.1, -0.05) is 12.1 Å². The van der Waals surface area contributed by atoms with Gasteiger partial charge in [-0.25, -0.2) is 4.68 Å². The molecule has 0 bridgehead atoms. The van der Waals surface area contributed by atoms with Crippen molar-refractivity contribution in [3.63, 3.8) is 0 Å². The highest BCUT2D eigenvalue weighted by Crippen LogP contribution is 2.20. The van der Waals surface area contributed by atoms with Gasteiger partial charge in [0.05, 0.1) is 18.4 Å². The van der Waals surface area contributed by atoms with Crippen molar-refractivity contribution < 1.29 is 14.3 Å². The summed E-state index contributed by atoms with van der Waals surface area (Å²) in [6.07, 6.45) is 0. The normalized spacial score (nSPS) is 10.6. The predicted molar refractivity (Wildman–Crippen MR) is 86.2 cm³/mol. The van der Waals surface area contributed by atoms with Crippen molar-refractivity contribution in [2.45, 2.75) is 20.0 Å². The summed E-state index contributed by atoms with van der Waals surface area (Å²) in [6.45, 7) is 3.22. The summed E-state index contributed by atoms with van der Waals surface area (Å²) in [5.74, 6) is 0.902. The molecule has 2 rings (SSSR count). The van der Waals surface area contributed by atoms with Crippen molar-refractivity contribution in [1.82, 2.24) is 15.1 Å². The van der Waals surface area contributed by atoms with Gasteiger partial charge in [0.2, 0.25) is 5.88 Å². The summed E-state index contributed by atoms with van der Waals surface area (Å²) >= 11 is 0. The third-order valence-corrected chi connectivity index (χ3v) is 3.42. The van der Waals surface area contributed by atoms with Gasteiger partial charge in [-0.2, -0.15) is 5.10 Å². The van der Waals surface area contributed by atoms with Crippen LogP contribution in [0.2, 0.25) is 0 Å². The minimum atomic E-state index is -0.489. The molecule has 0 atom stereocenters. The minimum absolute atomic E-state index is 0.113. The first-order chi connectivity index (χ1) is 11.0. The van der Waals surface area contributed by atoms with Crippen LogP contribution < -0.4 is 20.5 Å². The van der Waals surface area contributed by atoms with Crippen LogP contribution in [0.15, 0.2) is 24.3 Å². The molecule has 0 saturated carbocycles. The van der Waals surface area contributed by atoms with Gasteiger partial charge in [0.1, 0.15) is 5.75 Å². The fourth-order valence-electron chi connectivity index (χ4n) is 2.33. The maximum atomic E-state index is 10.7. The van der Waals surface area contributed by atoms with Crippen LogP contribution in [0.25, 0.3) is 0 Å². The van der Waals surface area contributed by atoms with Gasteiger partial charge in [-0.15, -0.1) is 0 Å². The zero-order valence-corrected chi connectivity index (χ0v) is 13.6. The second kappa shape index (κ2) is 7.64. The highest BCUT2D eigenvalue weighted by molar-refractivity contribution is 5.75. The molecule has 0 spiro atoms. The standard InChI is InChI=1S/C16H22N4O3/c1-11-14(16(22-3)20(2)19-11)9-18-8-12-4-6-13(7-5-12)23-10-15(17)21/h4-7,18H,8-10H2,1-3H3,(H2,17,21). The summed E-state index contributed by atoms with van der Waals surface area (Å²) in [5, 5.41) is 7.72. The Hall–Kier alpha value is -2.54. The Kier molecular flexibility index (Phi) is 5.59. The van der Waals surface area contributed by atoms with E-state index in [1.165, 1.54) is 0 Å². The zero-order chi connectivity index (χ0) is 16.8. The van der Waals surface area contributed by atoms with Crippen LogP contribution in [0.3, 0.4) is 0 Å². The van der Waals surface area contributed by atoms with E-state index in [2.05, 4.69) is 10.4 Å². The van der Waals surface area contributed by atoms with Crippen LogP contribution in [0.1, 0.15) is 16.8 Å². The maximum Gasteiger partial charge on any atom is 0.255 e. The quantitative estimate of drug-likeness (QED) is 0.754. The van der Waals surface area contributed by atoms with Crippen molar-refractivity contribution in [2.24, 2.45) is 12.8 Å². The molecule has 1 heterocycles. The number of rotatable bonds is 8. The molecule has 3 N–H and O–H groups in total. The minimum Gasteiger partial charge on any atom is -0.484 e. The van der Waals surface area contributed by atoms with Gasteiger partial charge < -0.3 is 20.5 Å². The van der Waals surface area contributed by atoms with Gasteiger partial charge in [0.15, 0.2) is 6.61 Å². The molecule has 1 aromatic carbocycles. The number of aryl methyl sites for hydroxylation is 2. The smallest absolute Gasteiger partial charge is 0.255 e. The number of aromatic nitrogens is 2. The van der Waals surface area contributed by atoms with Crippen molar-refractivity contribution in [1.29, 1.82) is 0 Å². The van der Waals surface area contributed by atoms with E-state index in [1.54, 1.807) is 11.8 Å². The molecule has 124 valence electrons. The van der Waals surface area contributed by atoms with Crippen LogP contribution in [-0.4, -0.2) is 29.4 Å². The Morgan fingerprint density at radius 1 is 1.30 bits per heavy atom. The molecule has 0 aliphatic carbocycles. The second-order valence-electron chi connectivity index (χ2n) is 5.20. The lowest BCUT2D eigenvalue weighted by Crippen LogP contribution is -2.20. The molecule has 0 unspecified atom stereocenters. The Morgan fingerprint density at radius 3 is 2.61 bits per heavy atom. The molecule has 0 fully saturated rings. The number of nitrogens with two attached hydrogens (primary N) is 1. The van der Waals surface area contributed by atoms with E-state index in [0.717, 1.165) is 22.7 Å². The van der Waals surface area contributed by atoms with E-state index >= 15 is 0 Å². The summed E-state index contributed by atoms with van der Waals surface area (Å²) in [5.41, 5.74) is 8.15. The number of hydrogen-bond donors (Lipinski definition) is 2. The predicted octanol–water partition coefficient (Wildman–Crippen LogP) is 0.891. The van der Waals surface area contributed by atoms with E-state index in [-0.39, 0.29) is 6.61 Å². The molecule has 0 aliphatic heterocycles. The first-order valence-corrected chi connectivity index (χ1v) is 7.28. The highest BCUT2D eigenvalue weighted by atomic mass is 16.5.